The maximum atomic E-state index is 6.01. The smallest absolute Gasteiger partial charge is 0.224 e. The summed E-state index contributed by atoms with van der Waals surface area (Å²) in [7, 11) is 1.55. The first kappa shape index (κ1) is 13.2. The van der Waals surface area contributed by atoms with Crippen molar-refractivity contribution in [2.24, 2.45) is 0 Å². The number of rotatable bonds is 3. The maximum Gasteiger partial charge on any atom is 0.224 e. The van der Waals surface area contributed by atoms with E-state index in [1.165, 1.54) is 6.20 Å². The highest BCUT2D eigenvalue weighted by Crippen LogP contribution is 2.30. The molecule has 0 aliphatic carbocycles. The molecule has 94 valence electrons. The quantitative estimate of drug-likeness (QED) is 0.864. The van der Waals surface area contributed by atoms with E-state index in [1.807, 2.05) is 0 Å². The van der Waals surface area contributed by atoms with Crippen LogP contribution in [0.1, 0.15) is 0 Å². The van der Waals surface area contributed by atoms with Crippen molar-refractivity contribution in [2.75, 3.05) is 12.4 Å². The van der Waals surface area contributed by atoms with Gasteiger partial charge in [0, 0.05) is 5.69 Å². The normalized spacial score (nSPS) is 10.2. The van der Waals surface area contributed by atoms with Gasteiger partial charge in [-0.25, -0.2) is 4.98 Å². The minimum atomic E-state index is 0.113. The molecular weight excluding hydrogens is 296 g/mol. The van der Waals surface area contributed by atoms with Gasteiger partial charge in [0.1, 0.15) is 10.8 Å². The van der Waals surface area contributed by atoms with Gasteiger partial charge < -0.3 is 10.1 Å². The summed E-state index contributed by atoms with van der Waals surface area (Å²) in [5, 5.41) is 3.96. The molecule has 2 rings (SSSR count). The van der Waals surface area contributed by atoms with Crippen LogP contribution in [0.3, 0.4) is 0 Å². The van der Waals surface area contributed by atoms with Gasteiger partial charge in [0.05, 0.1) is 18.3 Å². The van der Waals surface area contributed by atoms with Crippen molar-refractivity contribution in [1.29, 1.82) is 0 Å². The van der Waals surface area contributed by atoms with Gasteiger partial charge in [0.25, 0.3) is 0 Å². The van der Waals surface area contributed by atoms with E-state index in [4.69, 9.17) is 39.5 Å². The van der Waals surface area contributed by atoms with Crippen molar-refractivity contribution >= 4 is 46.3 Å². The molecule has 0 fully saturated rings. The van der Waals surface area contributed by atoms with Crippen molar-refractivity contribution in [1.82, 2.24) is 9.97 Å². The average molecular weight is 305 g/mol. The zero-order chi connectivity index (χ0) is 13.1. The van der Waals surface area contributed by atoms with Gasteiger partial charge in [-0.2, -0.15) is 4.98 Å². The summed E-state index contributed by atoms with van der Waals surface area (Å²) in [5.41, 5.74) is 0.720. The molecule has 0 unspecified atom stereocenters. The van der Waals surface area contributed by atoms with E-state index in [0.717, 1.165) is 5.69 Å². The lowest BCUT2D eigenvalue weighted by Gasteiger charge is -2.09. The Morgan fingerprint density at radius 1 is 1.17 bits per heavy atom. The van der Waals surface area contributed by atoms with Crippen LogP contribution in [0.2, 0.25) is 15.3 Å². The number of nitrogens with zero attached hydrogens (tertiary/aromatic N) is 2. The van der Waals surface area contributed by atoms with E-state index in [0.29, 0.717) is 21.6 Å². The number of hydrogen-bond acceptors (Lipinski definition) is 4. The Kier molecular flexibility index (Phi) is 4.11. The molecule has 1 heterocycles. The molecule has 0 aliphatic rings. The van der Waals surface area contributed by atoms with Crippen LogP contribution >= 0.6 is 34.8 Å². The lowest BCUT2D eigenvalue weighted by Crippen LogP contribution is -1.96. The summed E-state index contributed by atoms with van der Waals surface area (Å²) in [5.74, 6) is 1.01. The Balaban J connectivity index is 2.28. The summed E-state index contributed by atoms with van der Waals surface area (Å²) in [6.45, 7) is 0. The second-order valence-corrected chi connectivity index (χ2v) is 4.46. The summed E-state index contributed by atoms with van der Waals surface area (Å²) in [4.78, 5) is 7.74. The fourth-order valence-electron chi connectivity index (χ4n) is 1.31. The maximum absolute atomic E-state index is 6.01. The lowest BCUT2D eigenvalue weighted by molar-refractivity contribution is 0.415. The Morgan fingerprint density at radius 3 is 2.61 bits per heavy atom. The van der Waals surface area contributed by atoms with Crippen LogP contribution in [0.5, 0.6) is 5.75 Å². The number of benzene rings is 1. The van der Waals surface area contributed by atoms with E-state index in [-0.39, 0.29) is 5.28 Å². The van der Waals surface area contributed by atoms with Crippen LogP contribution < -0.4 is 10.1 Å². The van der Waals surface area contributed by atoms with Crippen molar-refractivity contribution in [3.05, 3.63) is 39.7 Å². The van der Waals surface area contributed by atoms with Crippen LogP contribution in [0.25, 0.3) is 0 Å². The molecule has 1 aromatic carbocycles. The number of hydrogen-bond donors (Lipinski definition) is 1. The van der Waals surface area contributed by atoms with Gasteiger partial charge in [0.2, 0.25) is 5.28 Å². The van der Waals surface area contributed by atoms with E-state index in [9.17, 15) is 0 Å². The summed E-state index contributed by atoms with van der Waals surface area (Å²) in [6, 6.07) is 5.23. The van der Waals surface area contributed by atoms with Crippen molar-refractivity contribution in [3.8, 4) is 5.75 Å². The number of ether oxygens (including phenoxy) is 1. The highest BCUT2D eigenvalue weighted by molar-refractivity contribution is 6.34. The SMILES string of the molecule is COc1ccc(Nc2nc(Cl)ncc2Cl)cc1Cl. The fraction of sp³-hybridized carbons (Fsp3) is 0.0909. The molecule has 1 N–H and O–H groups in total. The van der Waals surface area contributed by atoms with E-state index >= 15 is 0 Å². The Morgan fingerprint density at radius 2 is 1.94 bits per heavy atom. The van der Waals surface area contributed by atoms with Crippen LogP contribution in [-0.2, 0) is 0 Å². The molecule has 0 aliphatic heterocycles. The van der Waals surface area contributed by atoms with Crippen molar-refractivity contribution in [3.63, 3.8) is 0 Å². The highest BCUT2D eigenvalue weighted by Gasteiger charge is 2.06. The van der Waals surface area contributed by atoms with Crippen LogP contribution in [0.4, 0.5) is 11.5 Å². The third-order valence-corrected chi connectivity index (χ3v) is 2.88. The molecule has 0 saturated heterocycles. The van der Waals surface area contributed by atoms with Gasteiger partial charge in [0.15, 0.2) is 5.82 Å². The molecule has 0 spiro atoms. The van der Waals surface area contributed by atoms with Crippen LogP contribution in [0, 0.1) is 0 Å². The van der Waals surface area contributed by atoms with Gasteiger partial charge >= 0.3 is 0 Å². The molecule has 1 aromatic heterocycles. The minimum absolute atomic E-state index is 0.113. The number of aromatic nitrogens is 2. The number of nitrogens with one attached hydrogen (secondary N) is 1. The second-order valence-electron chi connectivity index (χ2n) is 3.31. The van der Waals surface area contributed by atoms with Crippen LogP contribution in [-0.4, -0.2) is 17.1 Å². The zero-order valence-corrected chi connectivity index (χ0v) is 11.5. The zero-order valence-electron chi connectivity index (χ0n) is 9.25. The molecule has 0 amide bonds. The van der Waals surface area contributed by atoms with E-state index in [2.05, 4.69) is 15.3 Å². The predicted octanol–water partition coefficient (Wildman–Crippen LogP) is 4.19. The van der Waals surface area contributed by atoms with Gasteiger partial charge in [-0.3, -0.25) is 0 Å². The Labute approximate surface area is 119 Å². The molecule has 2 aromatic rings. The summed E-state index contributed by atoms with van der Waals surface area (Å²) < 4.78 is 5.06. The minimum Gasteiger partial charge on any atom is -0.495 e. The largest absolute Gasteiger partial charge is 0.495 e. The van der Waals surface area contributed by atoms with Crippen molar-refractivity contribution < 1.29 is 4.74 Å². The number of methoxy groups -OCH3 is 1. The average Bonchev–Trinajstić information content (AvgIpc) is 2.34. The van der Waals surface area contributed by atoms with Gasteiger partial charge in [-0.15, -0.1) is 0 Å². The Hall–Kier alpha value is -1.23. The molecule has 0 bridgehead atoms. The first-order valence-electron chi connectivity index (χ1n) is 4.89. The van der Waals surface area contributed by atoms with Gasteiger partial charge in [-0.1, -0.05) is 23.2 Å². The monoisotopic (exact) mass is 303 g/mol. The van der Waals surface area contributed by atoms with E-state index < -0.39 is 0 Å². The fourth-order valence-corrected chi connectivity index (χ4v) is 1.84. The molecule has 0 radical (unpaired) electrons. The predicted molar refractivity (Wildman–Crippen MR) is 73.3 cm³/mol. The molecule has 7 heteroatoms. The Bertz CT molecular complexity index is 577. The summed E-state index contributed by atoms with van der Waals surface area (Å²) in [6.07, 6.45) is 1.42. The second kappa shape index (κ2) is 5.61. The molecular formula is C11H8Cl3N3O. The molecule has 0 saturated carbocycles. The highest BCUT2D eigenvalue weighted by atomic mass is 35.5. The number of anilines is 2. The third kappa shape index (κ3) is 2.96. The molecule has 18 heavy (non-hydrogen) atoms. The molecule has 4 nitrogen and oxygen atoms in total. The van der Waals surface area contributed by atoms with Crippen molar-refractivity contribution in [2.45, 2.75) is 0 Å². The van der Waals surface area contributed by atoms with Gasteiger partial charge in [-0.05, 0) is 29.8 Å². The number of halogens is 3. The summed E-state index contributed by atoms with van der Waals surface area (Å²) >= 11 is 17.6. The van der Waals surface area contributed by atoms with Crippen LogP contribution in [0.15, 0.2) is 24.4 Å². The molecule has 0 atom stereocenters. The topological polar surface area (TPSA) is 47.0 Å². The van der Waals surface area contributed by atoms with E-state index in [1.54, 1.807) is 25.3 Å². The third-order valence-electron chi connectivity index (χ3n) is 2.13. The standard InChI is InChI=1S/C11H8Cl3N3O/c1-18-9-3-2-6(4-7(9)12)16-10-8(13)5-15-11(14)17-10/h2-5H,1H3,(H,15,16,17). The first-order chi connectivity index (χ1) is 8.60. The lowest BCUT2D eigenvalue weighted by atomic mass is 10.3. The first-order valence-corrected chi connectivity index (χ1v) is 6.02.